The molecule has 1 aromatic carbocycles. The Morgan fingerprint density at radius 1 is 1.37 bits per heavy atom. The van der Waals surface area contributed by atoms with Gasteiger partial charge in [-0.25, -0.2) is 4.98 Å². The monoisotopic (exact) mass is 263 g/mol. The summed E-state index contributed by atoms with van der Waals surface area (Å²) in [4.78, 5) is 14.9. The summed E-state index contributed by atoms with van der Waals surface area (Å²) in [5.74, 6) is 0.689. The average molecular weight is 263 g/mol. The fourth-order valence-electron chi connectivity index (χ4n) is 2.12. The molecular formula is C12H13N3O4. The summed E-state index contributed by atoms with van der Waals surface area (Å²) in [5, 5.41) is 8.75. The van der Waals surface area contributed by atoms with Gasteiger partial charge in [0, 0.05) is 18.7 Å². The normalized spacial score (nSPS) is 13.7. The molecule has 2 heterocycles. The number of imidazole rings is 1. The highest BCUT2D eigenvalue weighted by Gasteiger charge is 2.17. The number of ether oxygens (including phenoxy) is 2. The number of fused-ring (bicyclic) bond motifs is 2. The highest BCUT2D eigenvalue weighted by molar-refractivity contribution is 5.82. The van der Waals surface area contributed by atoms with Crippen LogP contribution in [0.25, 0.3) is 11.0 Å². The van der Waals surface area contributed by atoms with E-state index < -0.39 is 5.97 Å². The Bertz CT molecular complexity index is 650. The maximum absolute atomic E-state index is 10.7. The molecule has 7 heteroatoms. The van der Waals surface area contributed by atoms with E-state index in [0.717, 1.165) is 5.52 Å². The molecule has 3 N–H and O–H groups in total. The molecule has 0 bridgehead atoms. The number of carbonyl (C=O) groups is 1. The maximum Gasteiger partial charge on any atom is 0.305 e. The van der Waals surface area contributed by atoms with Crippen molar-refractivity contribution in [3.63, 3.8) is 0 Å². The van der Waals surface area contributed by atoms with Gasteiger partial charge in [0.1, 0.15) is 13.2 Å². The number of carboxylic acids is 1. The van der Waals surface area contributed by atoms with Crippen LogP contribution in [0.1, 0.15) is 6.42 Å². The van der Waals surface area contributed by atoms with Crippen LogP contribution >= 0.6 is 0 Å². The number of aromatic nitrogens is 2. The van der Waals surface area contributed by atoms with Gasteiger partial charge in [-0.3, -0.25) is 4.79 Å². The van der Waals surface area contributed by atoms with Gasteiger partial charge in [-0.15, -0.1) is 0 Å². The fourth-order valence-corrected chi connectivity index (χ4v) is 2.12. The number of nitrogens with two attached hydrogens (primary N) is 1. The number of carboxylic acid groups (broad SMARTS) is 1. The number of nitrogen functional groups attached to an aromatic ring is 1. The predicted molar refractivity (Wildman–Crippen MR) is 67.4 cm³/mol. The zero-order valence-electron chi connectivity index (χ0n) is 10.1. The van der Waals surface area contributed by atoms with Crippen LogP contribution in [0.5, 0.6) is 11.5 Å². The molecule has 0 aliphatic carbocycles. The molecule has 0 radical (unpaired) electrons. The molecule has 3 rings (SSSR count). The zero-order chi connectivity index (χ0) is 13.4. The molecule has 0 fully saturated rings. The van der Waals surface area contributed by atoms with E-state index in [2.05, 4.69) is 4.98 Å². The van der Waals surface area contributed by atoms with E-state index in [-0.39, 0.29) is 13.0 Å². The van der Waals surface area contributed by atoms with Crippen molar-refractivity contribution in [1.82, 2.24) is 9.55 Å². The largest absolute Gasteiger partial charge is 0.486 e. The Hall–Kier alpha value is -2.44. The molecule has 1 aliphatic heterocycles. The van der Waals surface area contributed by atoms with Crippen LogP contribution in [0.15, 0.2) is 12.1 Å². The van der Waals surface area contributed by atoms with Gasteiger partial charge >= 0.3 is 5.97 Å². The number of hydrogen-bond acceptors (Lipinski definition) is 5. The van der Waals surface area contributed by atoms with Crippen LogP contribution in [0.4, 0.5) is 5.95 Å². The molecule has 1 aromatic heterocycles. The minimum Gasteiger partial charge on any atom is -0.486 e. The minimum absolute atomic E-state index is 0.00982. The van der Waals surface area contributed by atoms with Gasteiger partial charge in [0.15, 0.2) is 11.5 Å². The van der Waals surface area contributed by atoms with E-state index in [1.54, 1.807) is 16.7 Å². The molecule has 100 valence electrons. The molecule has 0 saturated heterocycles. The van der Waals surface area contributed by atoms with Crippen molar-refractivity contribution in [2.45, 2.75) is 13.0 Å². The molecule has 7 nitrogen and oxygen atoms in total. The Balaban J connectivity index is 2.06. The van der Waals surface area contributed by atoms with Crippen molar-refractivity contribution in [2.75, 3.05) is 18.9 Å². The lowest BCUT2D eigenvalue weighted by Crippen LogP contribution is -2.15. The van der Waals surface area contributed by atoms with Crippen LogP contribution in [-0.2, 0) is 11.3 Å². The van der Waals surface area contributed by atoms with E-state index in [1.807, 2.05) is 0 Å². The molecule has 0 saturated carbocycles. The number of nitrogens with zero attached hydrogens (tertiary/aromatic N) is 2. The molecule has 19 heavy (non-hydrogen) atoms. The first kappa shape index (κ1) is 11.6. The van der Waals surface area contributed by atoms with Crippen molar-refractivity contribution in [3.8, 4) is 11.5 Å². The van der Waals surface area contributed by atoms with E-state index in [4.69, 9.17) is 20.3 Å². The maximum atomic E-state index is 10.7. The second-order valence-electron chi connectivity index (χ2n) is 4.25. The molecular weight excluding hydrogens is 250 g/mol. The van der Waals surface area contributed by atoms with Gasteiger partial charge in [0.25, 0.3) is 0 Å². The van der Waals surface area contributed by atoms with Crippen LogP contribution in [-0.4, -0.2) is 33.8 Å². The van der Waals surface area contributed by atoms with Crippen molar-refractivity contribution in [3.05, 3.63) is 12.1 Å². The number of hydrogen-bond donors (Lipinski definition) is 2. The van der Waals surface area contributed by atoms with Crippen LogP contribution in [0.2, 0.25) is 0 Å². The van der Waals surface area contributed by atoms with Crippen molar-refractivity contribution >= 4 is 23.0 Å². The summed E-state index contributed by atoms with van der Waals surface area (Å²) in [7, 11) is 0. The van der Waals surface area contributed by atoms with E-state index in [1.165, 1.54) is 0 Å². The second-order valence-corrected chi connectivity index (χ2v) is 4.25. The van der Waals surface area contributed by atoms with Gasteiger partial charge in [0.05, 0.1) is 17.5 Å². The third kappa shape index (κ3) is 2.03. The van der Waals surface area contributed by atoms with E-state index in [9.17, 15) is 4.79 Å². The van der Waals surface area contributed by atoms with E-state index >= 15 is 0 Å². The summed E-state index contributed by atoms with van der Waals surface area (Å²) < 4.78 is 12.6. The summed E-state index contributed by atoms with van der Waals surface area (Å²) in [5.41, 5.74) is 7.24. The van der Waals surface area contributed by atoms with Gasteiger partial charge < -0.3 is 24.9 Å². The van der Waals surface area contributed by atoms with Crippen molar-refractivity contribution in [2.24, 2.45) is 0 Å². The van der Waals surface area contributed by atoms with Crippen LogP contribution in [0, 0.1) is 0 Å². The Morgan fingerprint density at radius 2 is 2.05 bits per heavy atom. The van der Waals surface area contributed by atoms with Gasteiger partial charge in [-0.2, -0.15) is 0 Å². The fraction of sp³-hybridized carbons (Fsp3) is 0.333. The number of aryl methyl sites for hydroxylation is 1. The molecule has 0 atom stereocenters. The zero-order valence-corrected chi connectivity index (χ0v) is 10.1. The summed E-state index contributed by atoms with van der Waals surface area (Å²) in [6.07, 6.45) is -0.00982. The molecule has 0 amide bonds. The highest BCUT2D eigenvalue weighted by Crippen LogP contribution is 2.35. The smallest absolute Gasteiger partial charge is 0.305 e. The number of aliphatic carboxylic acids is 1. The number of benzene rings is 1. The average Bonchev–Trinajstić information content (AvgIpc) is 2.68. The van der Waals surface area contributed by atoms with Crippen molar-refractivity contribution < 1.29 is 19.4 Å². The Kier molecular flexibility index (Phi) is 2.66. The number of anilines is 1. The Labute approximate surface area is 108 Å². The number of rotatable bonds is 3. The third-order valence-corrected chi connectivity index (χ3v) is 2.99. The van der Waals surface area contributed by atoms with Gasteiger partial charge in [0.2, 0.25) is 5.95 Å². The first-order valence-electron chi connectivity index (χ1n) is 5.92. The highest BCUT2D eigenvalue weighted by atomic mass is 16.6. The quantitative estimate of drug-likeness (QED) is 0.852. The van der Waals surface area contributed by atoms with Gasteiger partial charge in [-0.1, -0.05) is 0 Å². The topological polar surface area (TPSA) is 99.6 Å². The third-order valence-electron chi connectivity index (χ3n) is 2.99. The second kappa shape index (κ2) is 4.34. The first-order valence-corrected chi connectivity index (χ1v) is 5.92. The van der Waals surface area contributed by atoms with E-state index in [0.29, 0.717) is 36.2 Å². The lowest BCUT2D eigenvalue weighted by molar-refractivity contribution is -0.137. The standard InChI is InChI=1S/C12H13N3O4/c13-12-14-7-5-9-10(19-4-3-18-9)6-8(7)15(12)2-1-11(16)17/h5-6H,1-4H2,(H2,13,14)(H,16,17). The first-order chi connectivity index (χ1) is 9.15. The van der Waals surface area contributed by atoms with Crippen molar-refractivity contribution in [1.29, 1.82) is 0 Å². The molecule has 2 aromatic rings. The summed E-state index contributed by atoms with van der Waals surface area (Å²) >= 11 is 0. The lowest BCUT2D eigenvalue weighted by Gasteiger charge is -2.18. The minimum atomic E-state index is -0.876. The van der Waals surface area contributed by atoms with Crippen LogP contribution in [0.3, 0.4) is 0 Å². The molecule has 0 unspecified atom stereocenters. The molecule has 0 spiro atoms. The Morgan fingerprint density at radius 3 is 2.74 bits per heavy atom. The molecule has 1 aliphatic rings. The predicted octanol–water partition coefficient (Wildman–Crippen LogP) is 0.864. The van der Waals surface area contributed by atoms with Crippen LogP contribution < -0.4 is 15.2 Å². The lowest BCUT2D eigenvalue weighted by atomic mass is 10.2. The summed E-state index contributed by atoms with van der Waals surface area (Å²) in [6, 6.07) is 3.55. The SMILES string of the molecule is Nc1nc2cc3c(cc2n1CCC(=O)O)OCCO3. The van der Waals surface area contributed by atoms with Gasteiger partial charge in [-0.05, 0) is 0 Å². The summed E-state index contributed by atoms with van der Waals surface area (Å²) in [6.45, 7) is 1.28.